The summed E-state index contributed by atoms with van der Waals surface area (Å²) in [4.78, 5) is 12.2. The lowest BCUT2D eigenvalue weighted by Crippen LogP contribution is -2.55. The summed E-state index contributed by atoms with van der Waals surface area (Å²) in [6, 6.07) is 0. The molecule has 2 rings (SSSR count). The normalized spacial score (nSPS) is 24.0. The fourth-order valence-electron chi connectivity index (χ4n) is 3.08. The molecule has 0 aromatic heterocycles. The molecule has 0 aromatic carbocycles. The highest BCUT2D eigenvalue weighted by Gasteiger charge is 2.36. The molecule has 0 saturated heterocycles. The van der Waals surface area contributed by atoms with Crippen molar-refractivity contribution in [3.8, 4) is 0 Å². The Bertz CT molecular complexity index is 347. The lowest BCUT2D eigenvalue weighted by Gasteiger charge is -2.39. The Morgan fingerprint density at radius 2 is 2.16 bits per heavy atom. The van der Waals surface area contributed by atoms with Crippen LogP contribution in [-0.4, -0.2) is 29.8 Å². The van der Waals surface area contributed by atoms with Gasteiger partial charge >= 0.3 is 0 Å². The molecule has 0 spiro atoms. The Labute approximate surface area is 115 Å². The Kier molecular flexibility index (Phi) is 4.86. The Balaban J connectivity index is 2.00. The van der Waals surface area contributed by atoms with E-state index in [0.29, 0.717) is 18.1 Å². The molecule has 4 nitrogen and oxygen atoms in total. The molecule has 1 fully saturated rings. The van der Waals surface area contributed by atoms with Crippen molar-refractivity contribution in [3.05, 3.63) is 11.8 Å². The first-order valence-corrected chi connectivity index (χ1v) is 7.40. The van der Waals surface area contributed by atoms with E-state index in [1.54, 1.807) is 6.26 Å². The second-order valence-electron chi connectivity index (χ2n) is 5.98. The maximum Gasteiger partial charge on any atom is 0.250 e. The van der Waals surface area contributed by atoms with Gasteiger partial charge in [0.1, 0.15) is 0 Å². The quantitative estimate of drug-likeness (QED) is 0.820. The van der Waals surface area contributed by atoms with Crippen LogP contribution in [0, 0.1) is 5.92 Å². The predicted molar refractivity (Wildman–Crippen MR) is 73.5 cm³/mol. The highest BCUT2D eigenvalue weighted by molar-refractivity contribution is 5.93. The van der Waals surface area contributed by atoms with Gasteiger partial charge in [0.25, 0.3) is 5.91 Å². The van der Waals surface area contributed by atoms with E-state index in [1.165, 1.54) is 19.3 Å². The number of ether oxygens (including phenoxy) is 1. The molecule has 1 aliphatic heterocycles. The fraction of sp³-hybridized carbons (Fsp3) is 0.800. The minimum Gasteiger partial charge on any atom is -0.501 e. The van der Waals surface area contributed by atoms with Crippen LogP contribution in [0.1, 0.15) is 51.9 Å². The molecule has 0 radical (unpaired) electrons. The third-order valence-electron chi connectivity index (χ3n) is 4.46. The van der Waals surface area contributed by atoms with Gasteiger partial charge < -0.3 is 15.2 Å². The SMILES string of the molecule is CC(CO)(NC(=O)C1=COCCC1)C1CCCCC1. The van der Waals surface area contributed by atoms with Crippen molar-refractivity contribution in [2.24, 2.45) is 5.92 Å². The smallest absolute Gasteiger partial charge is 0.250 e. The molecule has 0 bridgehead atoms. The van der Waals surface area contributed by atoms with E-state index < -0.39 is 5.54 Å². The summed E-state index contributed by atoms with van der Waals surface area (Å²) in [5, 5.41) is 12.8. The number of aliphatic hydroxyl groups is 1. The van der Waals surface area contributed by atoms with E-state index in [2.05, 4.69) is 5.32 Å². The van der Waals surface area contributed by atoms with Crippen LogP contribution in [0.5, 0.6) is 0 Å². The minimum absolute atomic E-state index is 0.00244. The largest absolute Gasteiger partial charge is 0.501 e. The van der Waals surface area contributed by atoms with Crippen LogP contribution >= 0.6 is 0 Å². The zero-order valence-electron chi connectivity index (χ0n) is 11.8. The first-order valence-electron chi connectivity index (χ1n) is 7.40. The summed E-state index contributed by atoms with van der Waals surface area (Å²) in [7, 11) is 0. The third-order valence-corrected chi connectivity index (χ3v) is 4.46. The summed E-state index contributed by atoms with van der Waals surface area (Å²) in [6.45, 7) is 2.65. The molecule has 2 aliphatic rings. The van der Waals surface area contributed by atoms with Gasteiger partial charge in [-0.1, -0.05) is 19.3 Å². The molecule has 4 heteroatoms. The van der Waals surface area contributed by atoms with Crippen molar-refractivity contribution in [2.75, 3.05) is 13.2 Å². The van der Waals surface area contributed by atoms with E-state index in [0.717, 1.165) is 25.7 Å². The minimum atomic E-state index is -0.504. The molecular weight excluding hydrogens is 242 g/mol. The summed E-state index contributed by atoms with van der Waals surface area (Å²) in [5.74, 6) is 0.294. The second-order valence-corrected chi connectivity index (χ2v) is 5.98. The summed E-state index contributed by atoms with van der Waals surface area (Å²) in [5.41, 5.74) is 0.192. The second kappa shape index (κ2) is 6.42. The standard InChI is InChI=1S/C15H25NO3/c1-15(11-17,13-7-3-2-4-8-13)16-14(18)12-6-5-9-19-10-12/h10,13,17H,2-9,11H2,1H3,(H,16,18). The Hall–Kier alpha value is -1.03. The zero-order valence-corrected chi connectivity index (χ0v) is 11.8. The Morgan fingerprint density at radius 1 is 1.42 bits per heavy atom. The average molecular weight is 267 g/mol. The molecule has 0 aromatic rings. The lowest BCUT2D eigenvalue weighted by molar-refractivity contribution is -0.121. The maximum absolute atomic E-state index is 12.2. The molecule has 1 heterocycles. The van der Waals surface area contributed by atoms with Gasteiger partial charge in [0.05, 0.1) is 30.6 Å². The molecule has 1 saturated carbocycles. The van der Waals surface area contributed by atoms with Crippen LogP contribution in [0.15, 0.2) is 11.8 Å². The van der Waals surface area contributed by atoms with Crippen LogP contribution < -0.4 is 5.32 Å². The van der Waals surface area contributed by atoms with E-state index in [-0.39, 0.29) is 12.5 Å². The first-order chi connectivity index (χ1) is 9.15. The van der Waals surface area contributed by atoms with Gasteiger partial charge in [-0.05, 0) is 38.5 Å². The van der Waals surface area contributed by atoms with Crippen LogP contribution in [0.3, 0.4) is 0 Å². The zero-order chi connectivity index (χ0) is 13.7. The topological polar surface area (TPSA) is 58.6 Å². The molecule has 108 valence electrons. The van der Waals surface area contributed by atoms with Gasteiger partial charge in [0, 0.05) is 0 Å². The number of carbonyl (C=O) groups excluding carboxylic acids is 1. The number of nitrogens with one attached hydrogen (secondary N) is 1. The molecule has 1 unspecified atom stereocenters. The maximum atomic E-state index is 12.2. The summed E-state index contributed by atoms with van der Waals surface area (Å²) in [6.07, 6.45) is 9.06. The Morgan fingerprint density at radius 3 is 2.74 bits per heavy atom. The molecule has 1 amide bonds. The van der Waals surface area contributed by atoms with Gasteiger partial charge in [-0.3, -0.25) is 4.79 Å². The molecule has 19 heavy (non-hydrogen) atoms. The van der Waals surface area contributed by atoms with Gasteiger partial charge in [-0.2, -0.15) is 0 Å². The predicted octanol–water partition coefficient (Wildman–Crippen LogP) is 2.13. The number of hydrogen-bond acceptors (Lipinski definition) is 3. The van der Waals surface area contributed by atoms with Crippen molar-refractivity contribution >= 4 is 5.91 Å². The number of amides is 1. The number of hydrogen-bond donors (Lipinski definition) is 2. The number of rotatable bonds is 4. The van der Waals surface area contributed by atoms with Crippen molar-refractivity contribution in [3.63, 3.8) is 0 Å². The van der Waals surface area contributed by atoms with Crippen molar-refractivity contribution in [2.45, 2.75) is 57.4 Å². The van der Waals surface area contributed by atoms with E-state index in [4.69, 9.17) is 4.74 Å². The first kappa shape index (κ1) is 14.4. The van der Waals surface area contributed by atoms with E-state index in [9.17, 15) is 9.90 Å². The van der Waals surface area contributed by atoms with E-state index >= 15 is 0 Å². The summed E-state index contributed by atoms with van der Waals surface area (Å²) < 4.78 is 5.21. The molecule has 1 atom stereocenters. The van der Waals surface area contributed by atoms with Crippen LogP contribution in [0.25, 0.3) is 0 Å². The third kappa shape index (κ3) is 3.50. The highest BCUT2D eigenvalue weighted by Crippen LogP contribution is 2.32. The van der Waals surface area contributed by atoms with Gasteiger partial charge in [-0.15, -0.1) is 0 Å². The van der Waals surface area contributed by atoms with Gasteiger partial charge in [-0.25, -0.2) is 0 Å². The monoisotopic (exact) mass is 267 g/mol. The van der Waals surface area contributed by atoms with Crippen molar-refractivity contribution in [1.29, 1.82) is 0 Å². The van der Waals surface area contributed by atoms with Crippen molar-refractivity contribution < 1.29 is 14.6 Å². The van der Waals surface area contributed by atoms with Crippen LogP contribution in [-0.2, 0) is 9.53 Å². The van der Waals surface area contributed by atoms with E-state index in [1.807, 2.05) is 6.92 Å². The van der Waals surface area contributed by atoms with Gasteiger partial charge in [0.2, 0.25) is 0 Å². The van der Waals surface area contributed by atoms with Gasteiger partial charge in [0.15, 0.2) is 0 Å². The summed E-state index contributed by atoms with van der Waals surface area (Å²) >= 11 is 0. The fourth-order valence-corrected chi connectivity index (χ4v) is 3.08. The molecule has 2 N–H and O–H groups in total. The van der Waals surface area contributed by atoms with Crippen molar-refractivity contribution in [1.82, 2.24) is 5.32 Å². The number of aliphatic hydroxyl groups excluding tert-OH is 1. The van der Waals surface area contributed by atoms with Crippen LogP contribution in [0.4, 0.5) is 0 Å². The van der Waals surface area contributed by atoms with Crippen LogP contribution in [0.2, 0.25) is 0 Å². The average Bonchev–Trinajstić information content (AvgIpc) is 2.49. The number of carbonyl (C=O) groups is 1. The lowest BCUT2D eigenvalue weighted by atomic mass is 9.76. The molecular formula is C15H25NO3. The highest BCUT2D eigenvalue weighted by atomic mass is 16.5. The molecule has 1 aliphatic carbocycles.